The topological polar surface area (TPSA) is 95.2 Å². The van der Waals surface area contributed by atoms with Gasteiger partial charge in [0.25, 0.3) is 11.5 Å². The second-order valence-corrected chi connectivity index (χ2v) is 6.35. The Morgan fingerprint density at radius 3 is 2.86 bits per heavy atom. The highest BCUT2D eigenvalue weighted by atomic mass is 16.2. The molecule has 7 heteroatoms. The molecule has 0 radical (unpaired) electrons. The minimum atomic E-state index is -0.283. The first-order valence-electron chi connectivity index (χ1n) is 7.83. The summed E-state index contributed by atoms with van der Waals surface area (Å²) in [4.78, 5) is 45.1. The highest BCUT2D eigenvalue weighted by Gasteiger charge is 2.43. The fourth-order valence-corrected chi connectivity index (χ4v) is 3.49. The molecule has 0 bridgehead atoms. The molecule has 0 spiro atoms. The van der Waals surface area contributed by atoms with Crippen molar-refractivity contribution in [3.63, 3.8) is 0 Å². The fourth-order valence-electron chi connectivity index (χ4n) is 3.49. The van der Waals surface area contributed by atoms with E-state index in [1.165, 1.54) is 6.07 Å². The number of likely N-dealkylation sites (tertiary alicyclic amines) is 1. The molecule has 0 aromatic carbocycles. The number of aromatic amines is 1. The van der Waals surface area contributed by atoms with Gasteiger partial charge in [-0.2, -0.15) is 0 Å². The van der Waals surface area contributed by atoms with Gasteiger partial charge in [0, 0.05) is 25.1 Å². The molecule has 1 aromatic heterocycles. The van der Waals surface area contributed by atoms with E-state index in [0.29, 0.717) is 18.9 Å². The minimum Gasteiger partial charge on any atom is -0.354 e. The van der Waals surface area contributed by atoms with Crippen molar-refractivity contribution in [2.45, 2.75) is 37.6 Å². The molecule has 3 heterocycles. The van der Waals surface area contributed by atoms with Crippen molar-refractivity contribution in [3.05, 3.63) is 27.9 Å². The van der Waals surface area contributed by atoms with Gasteiger partial charge in [0.1, 0.15) is 11.5 Å². The third kappa shape index (κ3) is 2.20. The number of fused-ring (bicyclic) bond motifs is 1. The van der Waals surface area contributed by atoms with E-state index in [2.05, 4.69) is 15.3 Å². The van der Waals surface area contributed by atoms with Gasteiger partial charge in [0.05, 0.1) is 12.0 Å². The zero-order valence-corrected chi connectivity index (χ0v) is 12.2. The molecule has 2 saturated heterocycles. The van der Waals surface area contributed by atoms with Gasteiger partial charge in [-0.3, -0.25) is 14.4 Å². The summed E-state index contributed by atoms with van der Waals surface area (Å²) in [6, 6.07) is 1.15. The van der Waals surface area contributed by atoms with Crippen LogP contribution < -0.4 is 10.9 Å². The number of carbonyl (C=O) groups excluding carboxylic acids is 2. The number of nitrogens with zero attached hydrogens (tertiary/aromatic N) is 2. The Bertz CT molecular complexity index is 694. The lowest BCUT2D eigenvalue weighted by atomic mass is 9.91. The number of aromatic nitrogens is 2. The van der Waals surface area contributed by atoms with Gasteiger partial charge in [-0.25, -0.2) is 4.98 Å². The second-order valence-electron chi connectivity index (χ2n) is 6.35. The third-order valence-corrected chi connectivity index (χ3v) is 4.81. The van der Waals surface area contributed by atoms with Crippen molar-refractivity contribution in [3.8, 4) is 0 Å². The number of H-pyrrole nitrogens is 1. The van der Waals surface area contributed by atoms with Crippen LogP contribution in [0.4, 0.5) is 0 Å². The molecular weight excluding hydrogens is 284 g/mol. The SMILES string of the molecule is O=C1NC[C@@H]2[C@H]1CCCN2C(=O)c1cc(=O)[nH]c(C2CC2)n1. The van der Waals surface area contributed by atoms with Crippen LogP contribution in [0.25, 0.3) is 0 Å². The van der Waals surface area contributed by atoms with Gasteiger partial charge in [0.15, 0.2) is 0 Å². The Morgan fingerprint density at radius 1 is 1.27 bits per heavy atom. The van der Waals surface area contributed by atoms with E-state index in [4.69, 9.17) is 0 Å². The molecule has 2 N–H and O–H groups in total. The second kappa shape index (κ2) is 4.93. The van der Waals surface area contributed by atoms with E-state index in [1.807, 2.05) is 0 Å². The number of piperidine rings is 1. The molecule has 3 fully saturated rings. The van der Waals surface area contributed by atoms with E-state index >= 15 is 0 Å². The van der Waals surface area contributed by atoms with Crippen LogP contribution in [-0.2, 0) is 4.79 Å². The summed E-state index contributed by atoms with van der Waals surface area (Å²) >= 11 is 0. The Hall–Kier alpha value is -2.18. The zero-order chi connectivity index (χ0) is 15.3. The maximum absolute atomic E-state index is 12.8. The Morgan fingerprint density at radius 2 is 2.09 bits per heavy atom. The van der Waals surface area contributed by atoms with Gasteiger partial charge in [-0.1, -0.05) is 0 Å². The maximum atomic E-state index is 12.8. The van der Waals surface area contributed by atoms with Gasteiger partial charge in [-0.05, 0) is 25.7 Å². The summed E-state index contributed by atoms with van der Waals surface area (Å²) < 4.78 is 0. The Kier molecular flexibility index (Phi) is 3.02. The van der Waals surface area contributed by atoms with Crippen molar-refractivity contribution >= 4 is 11.8 Å². The highest BCUT2D eigenvalue weighted by molar-refractivity contribution is 5.93. The number of carbonyl (C=O) groups is 2. The van der Waals surface area contributed by atoms with Crippen LogP contribution in [0.5, 0.6) is 0 Å². The number of hydrogen-bond acceptors (Lipinski definition) is 4. The van der Waals surface area contributed by atoms with E-state index in [9.17, 15) is 14.4 Å². The third-order valence-electron chi connectivity index (χ3n) is 4.81. The largest absolute Gasteiger partial charge is 0.354 e. The van der Waals surface area contributed by atoms with Crippen molar-refractivity contribution in [1.29, 1.82) is 0 Å². The minimum absolute atomic E-state index is 0.0278. The van der Waals surface area contributed by atoms with Crippen molar-refractivity contribution < 1.29 is 9.59 Å². The highest BCUT2D eigenvalue weighted by Crippen LogP contribution is 2.37. The number of nitrogens with one attached hydrogen (secondary N) is 2. The summed E-state index contributed by atoms with van der Waals surface area (Å²) in [5.41, 5.74) is -0.0833. The molecule has 0 unspecified atom stereocenters. The van der Waals surface area contributed by atoms with E-state index < -0.39 is 0 Å². The van der Waals surface area contributed by atoms with Crippen molar-refractivity contribution in [2.24, 2.45) is 5.92 Å². The Labute approximate surface area is 127 Å². The molecule has 116 valence electrons. The first kappa shape index (κ1) is 13.5. The van der Waals surface area contributed by atoms with Crippen LogP contribution >= 0.6 is 0 Å². The summed E-state index contributed by atoms with van der Waals surface area (Å²) in [6.45, 7) is 1.11. The van der Waals surface area contributed by atoms with E-state index in [-0.39, 0.29) is 40.9 Å². The summed E-state index contributed by atoms with van der Waals surface area (Å²) in [5.74, 6) is 0.566. The van der Waals surface area contributed by atoms with Gasteiger partial charge in [-0.15, -0.1) is 0 Å². The molecule has 22 heavy (non-hydrogen) atoms. The van der Waals surface area contributed by atoms with Crippen LogP contribution in [-0.4, -0.2) is 45.8 Å². The fraction of sp³-hybridized carbons (Fsp3) is 0.600. The zero-order valence-electron chi connectivity index (χ0n) is 12.2. The van der Waals surface area contributed by atoms with E-state index in [1.54, 1.807) is 4.90 Å². The predicted octanol–water partition coefficient (Wildman–Crippen LogP) is -0.00210. The number of amides is 2. The van der Waals surface area contributed by atoms with Gasteiger partial charge < -0.3 is 15.2 Å². The molecule has 1 saturated carbocycles. The molecular formula is C15H18N4O3. The standard InChI is InChI=1S/C15H18N4O3/c20-12-6-10(17-13(18-12)8-3-4-8)15(22)19-5-1-2-9-11(19)7-16-14(9)21/h6,8-9,11H,1-5,7H2,(H,16,21)(H,17,18,20)/t9-,11-/m1/s1. The molecule has 3 aliphatic rings. The first-order chi connectivity index (χ1) is 10.6. The average Bonchev–Trinajstić information content (AvgIpc) is 3.30. The number of hydrogen-bond donors (Lipinski definition) is 2. The summed E-state index contributed by atoms with van der Waals surface area (Å²) in [5, 5.41) is 2.83. The molecule has 4 rings (SSSR count). The predicted molar refractivity (Wildman–Crippen MR) is 77.4 cm³/mol. The van der Waals surface area contributed by atoms with Gasteiger partial charge >= 0.3 is 0 Å². The monoisotopic (exact) mass is 302 g/mol. The summed E-state index contributed by atoms with van der Waals surface area (Å²) in [6.07, 6.45) is 3.64. The van der Waals surface area contributed by atoms with Crippen molar-refractivity contribution in [1.82, 2.24) is 20.2 Å². The maximum Gasteiger partial charge on any atom is 0.273 e. The molecule has 1 aliphatic carbocycles. The van der Waals surface area contributed by atoms with Crippen LogP contribution in [0.1, 0.15) is 47.9 Å². The lowest BCUT2D eigenvalue weighted by Crippen LogP contribution is -2.49. The lowest BCUT2D eigenvalue weighted by Gasteiger charge is -2.35. The summed E-state index contributed by atoms with van der Waals surface area (Å²) in [7, 11) is 0. The van der Waals surface area contributed by atoms with Crippen LogP contribution in [0.2, 0.25) is 0 Å². The van der Waals surface area contributed by atoms with E-state index in [0.717, 1.165) is 25.7 Å². The average molecular weight is 302 g/mol. The molecule has 1 aromatic rings. The lowest BCUT2D eigenvalue weighted by molar-refractivity contribution is -0.123. The van der Waals surface area contributed by atoms with Crippen LogP contribution in [0.15, 0.2) is 10.9 Å². The molecule has 7 nitrogen and oxygen atoms in total. The molecule has 2 amide bonds. The molecule has 2 atom stereocenters. The Balaban J connectivity index is 1.63. The number of rotatable bonds is 2. The molecule has 2 aliphatic heterocycles. The van der Waals surface area contributed by atoms with Gasteiger partial charge in [0.2, 0.25) is 5.91 Å². The smallest absolute Gasteiger partial charge is 0.273 e. The first-order valence-corrected chi connectivity index (χ1v) is 7.83. The van der Waals surface area contributed by atoms with Crippen molar-refractivity contribution in [2.75, 3.05) is 13.1 Å². The van der Waals surface area contributed by atoms with Crippen LogP contribution in [0.3, 0.4) is 0 Å². The van der Waals surface area contributed by atoms with Crippen LogP contribution in [0, 0.1) is 5.92 Å². The quantitative estimate of drug-likeness (QED) is 0.804. The normalized spacial score (nSPS) is 27.5.